The zero-order valence-electron chi connectivity index (χ0n) is 15.1. The van der Waals surface area contributed by atoms with Crippen molar-refractivity contribution in [2.45, 2.75) is 32.3 Å². The van der Waals surface area contributed by atoms with E-state index in [2.05, 4.69) is 5.32 Å². The lowest BCUT2D eigenvalue weighted by atomic mass is 9.88. The fraction of sp³-hybridized carbons (Fsp3) is 0.350. The fourth-order valence-electron chi connectivity index (χ4n) is 2.93. The minimum absolute atomic E-state index is 0.109. The zero-order valence-corrected chi connectivity index (χ0v) is 15.9. The van der Waals surface area contributed by atoms with Gasteiger partial charge in [-0.25, -0.2) is 0 Å². The van der Waals surface area contributed by atoms with E-state index in [-0.39, 0.29) is 18.4 Å². The van der Waals surface area contributed by atoms with Crippen LogP contribution in [0.3, 0.4) is 0 Å². The van der Waals surface area contributed by atoms with Crippen molar-refractivity contribution in [3.8, 4) is 5.75 Å². The zero-order chi connectivity index (χ0) is 19.3. The number of benzene rings is 2. The molecule has 0 aliphatic rings. The lowest BCUT2D eigenvalue weighted by molar-refractivity contribution is 0.102. The average Bonchev–Trinajstić information content (AvgIpc) is 2.62. The van der Waals surface area contributed by atoms with Gasteiger partial charge in [0.15, 0.2) is 0 Å². The minimum atomic E-state index is -0.661. The first kappa shape index (κ1) is 20.2. The van der Waals surface area contributed by atoms with Crippen LogP contribution in [0.2, 0.25) is 5.02 Å². The second-order valence-corrected chi connectivity index (χ2v) is 6.56. The molecule has 2 aromatic carbocycles. The highest BCUT2D eigenvalue weighted by Crippen LogP contribution is 2.41. The Morgan fingerprint density at radius 1 is 1.27 bits per heavy atom. The maximum atomic E-state index is 12.6. The molecule has 2 aromatic rings. The molecule has 0 bridgehead atoms. The maximum Gasteiger partial charge on any atom is 0.255 e. The van der Waals surface area contributed by atoms with E-state index in [0.29, 0.717) is 39.6 Å². The molecule has 2 atom stereocenters. The monoisotopic (exact) mass is 377 g/mol. The molecule has 0 spiro atoms. The Hall–Kier alpha value is -2.08. The number of hydrogen-bond donors (Lipinski definition) is 3. The number of aliphatic hydroxyl groups excluding tert-OH is 2. The predicted octanol–water partition coefficient (Wildman–Crippen LogP) is 3.62. The van der Waals surface area contributed by atoms with Gasteiger partial charge in [-0.15, -0.1) is 0 Å². The maximum absolute atomic E-state index is 12.6. The van der Waals surface area contributed by atoms with Crippen LogP contribution in [-0.4, -0.2) is 35.9 Å². The number of hydrogen-bond acceptors (Lipinski definition) is 4. The predicted molar refractivity (Wildman–Crippen MR) is 103 cm³/mol. The van der Waals surface area contributed by atoms with Gasteiger partial charge in [-0.05, 0) is 37.1 Å². The van der Waals surface area contributed by atoms with Gasteiger partial charge in [0.05, 0.1) is 18.2 Å². The van der Waals surface area contributed by atoms with Gasteiger partial charge in [0.2, 0.25) is 0 Å². The van der Waals surface area contributed by atoms with Gasteiger partial charge in [-0.2, -0.15) is 0 Å². The lowest BCUT2D eigenvalue weighted by Gasteiger charge is -2.25. The van der Waals surface area contributed by atoms with Crippen LogP contribution in [0.1, 0.15) is 41.3 Å². The average molecular weight is 378 g/mol. The smallest absolute Gasteiger partial charge is 0.255 e. The summed E-state index contributed by atoms with van der Waals surface area (Å²) in [5.74, 6) is -0.129. The molecule has 2 rings (SSSR count). The molecule has 140 valence electrons. The van der Waals surface area contributed by atoms with Gasteiger partial charge in [-0.3, -0.25) is 4.79 Å². The molecule has 0 heterocycles. The molecular weight excluding hydrogens is 354 g/mol. The fourth-order valence-corrected chi connectivity index (χ4v) is 3.23. The van der Waals surface area contributed by atoms with E-state index in [9.17, 15) is 15.0 Å². The van der Waals surface area contributed by atoms with Crippen LogP contribution in [0.15, 0.2) is 36.4 Å². The molecule has 0 fully saturated rings. The van der Waals surface area contributed by atoms with Crippen LogP contribution in [0, 0.1) is 0 Å². The first-order valence-corrected chi connectivity index (χ1v) is 8.83. The van der Waals surface area contributed by atoms with Crippen molar-refractivity contribution in [1.82, 2.24) is 0 Å². The van der Waals surface area contributed by atoms with Gasteiger partial charge < -0.3 is 20.3 Å². The standard InChI is InChI=1S/C20H24ClNO4/c1-12(13(2)24)18-15(9-10-23)19(26-3)16(21)11-17(18)22-20(25)14-7-5-4-6-8-14/h4-8,11-13,23-24H,9-10H2,1-3H3,(H,22,25). The molecular formula is C20H24ClNO4. The Morgan fingerprint density at radius 3 is 2.46 bits per heavy atom. The van der Waals surface area contributed by atoms with E-state index in [1.54, 1.807) is 37.3 Å². The van der Waals surface area contributed by atoms with Crippen molar-refractivity contribution < 1.29 is 19.7 Å². The summed E-state index contributed by atoms with van der Waals surface area (Å²) in [5.41, 5.74) is 2.40. The first-order chi connectivity index (χ1) is 12.4. The van der Waals surface area contributed by atoms with E-state index >= 15 is 0 Å². The summed E-state index contributed by atoms with van der Waals surface area (Å²) >= 11 is 6.34. The van der Waals surface area contributed by atoms with Gasteiger partial charge in [-0.1, -0.05) is 36.7 Å². The van der Waals surface area contributed by atoms with Gasteiger partial charge in [0, 0.05) is 29.3 Å². The van der Waals surface area contributed by atoms with Crippen LogP contribution < -0.4 is 10.1 Å². The number of ether oxygens (including phenoxy) is 1. The summed E-state index contributed by atoms with van der Waals surface area (Å²) in [6.45, 7) is 3.42. The Labute approximate surface area is 158 Å². The highest BCUT2D eigenvalue weighted by atomic mass is 35.5. The normalized spacial score (nSPS) is 13.2. The molecule has 1 amide bonds. The number of carbonyl (C=O) groups excluding carboxylic acids is 1. The Bertz CT molecular complexity index is 762. The van der Waals surface area contributed by atoms with Crippen molar-refractivity contribution >= 4 is 23.2 Å². The third-order valence-electron chi connectivity index (χ3n) is 4.41. The minimum Gasteiger partial charge on any atom is -0.495 e. The van der Waals surface area contributed by atoms with E-state index in [1.807, 2.05) is 13.0 Å². The molecule has 0 aliphatic carbocycles. The number of halogens is 1. The summed E-state index contributed by atoms with van der Waals surface area (Å²) < 4.78 is 5.41. The van der Waals surface area contributed by atoms with Crippen molar-refractivity contribution in [2.24, 2.45) is 0 Å². The molecule has 26 heavy (non-hydrogen) atoms. The molecule has 2 unspecified atom stereocenters. The molecule has 5 nitrogen and oxygen atoms in total. The number of rotatable bonds is 7. The Kier molecular flexibility index (Phi) is 7.03. The molecule has 0 radical (unpaired) electrons. The van der Waals surface area contributed by atoms with Crippen LogP contribution in [0.5, 0.6) is 5.75 Å². The number of nitrogens with one attached hydrogen (secondary N) is 1. The summed E-state index contributed by atoms with van der Waals surface area (Å²) in [5, 5.41) is 22.8. The van der Waals surface area contributed by atoms with Crippen LogP contribution in [0.4, 0.5) is 5.69 Å². The summed E-state index contributed by atoms with van der Waals surface area (Å²) in [4.78, 5) is 12.6. The van der Waals surface area contributed by atoms with Crippen molar-refractivity contribution in [3.05, 3.63) is 58.1 Å². The van der Waals surface area contributed by atoms with E-state index < -0.39 is 6.10 Å². The third-order valence-corrected chi connectivity index (χ3v) is 4.69. The quantitative estimate of drug-likeness (QED) is 0.688. The number of carbonyl (C=O) groups is 1. The largest absolute Gasteiger partial charge is 0.495 e. The topological polar surface area (TPSA) is 78.8 Å². The van der Waals surface area contributed by atoms with Gasteiger partial charge >= 0.3 is 0 Å². The number of aliphatic hydroxyl groups is 2. The van der Waals surface area contributed by atoms with Crippen molar-refractivity contribution in [1.29, 1.82) is 0 Å². The highest BCUT2D eigenvalue weighted by molar-refractivity contribution is 6.32. The summed E-state index contributed by atoms with van der Waals surface area (Å²) in [6.07, 6.45) is -0.365. The summed E-state index contributed by atoms with van der Waals surface area (Å²) in [6, 6.07) is 10.5. The van der Waals surface area contributed by atoms with Gasteiger partial charge in [0.1, 0.15) is 5.75 Å². The third kappa shape index (κ3) is 4.36. The SMILES string of the molecule is COc1c(Cl)cc(NC(=O)c2ccccc2)c(C(C)C(C)O)c1CCO. The number of amides is 1. The second kappa shape index (κ2) is 9.03. The van der Waals surface area contributed by atoms with E-state index in [1.165, 1.54) is 7.11 Å². The second-order valence-electron chi connectivity index (χ2n) is 6.15. The van der Waals surface area contributed by atoms with Crippen LogP contribution in [-0.2, 0) is 6.42 Å². The molecule has 0 saturated carbocycles. The lowest BCUT2D eigenvalue weighted by Crippen LogP contribution is -2.20. The molecule has 0 aliphatic heterocycles. The highest BCUT2D eigenvalue weighted by Gasteiger charge is 2.25. The van der Waals surface area contributed by atoms with Crippen LogP contribution >= 0.6 is 11.6 Å². The van der Waals surface area contributed by atoms with Crippen LogP contribution in [0.25, 0.3) is 0 Å². The molecule has 0 saturated heterocycles. The number of methoxy groups -OCH3 is 1. The molecule has 0 aromatic heterocycles. The Balaban J connectivity index is 2.58. The molecule has 3 N–H and O–H groups in total. The summed E-state index contributed by atoms with van der Waals surface area (Å²) in [7, 11) is 1.50. The Morgan fingerprint density at radius 2 is 1.92 bits per heavy atom. The van der Waals surface area contributed by atoms with Crippen molar-refractivity contribution in [3.63, 3.8) is 0 Å². The number of anilines is 1. The van der Waals surface area contributed by atoms with E-state index in [0.717, 1.165) is 0 Å². The molecule has 6 heteroatoms. The van der Waals surface area contributed by atoms with Gasteiger partial charge in [0.25, 0.3) is 5.91 Å². The van der Waals surface area contributed by atoms with Crippen molar-refractivity contribution in [2.75, 3.05) is 19.0 Å². The first-order valence-electron chi connectivity index (χ1n) is 8.45. The van der Waals surface area contributed by atoms with E-state index in [4.69, 9.17) is 16.3 Å².